The summed E-state index contributed by atoms with van der Waals surface area (Å²) in [4.78, 5) is 16.7. The summed E-state index contributed by atoms with van der Waals surface area (Å²) in [5.74, 6) is 0.292. The SMILES string of the molecule is CC.CN1CCC2(C1)C(=O)N(C)Cc1ccccc12. The van der Waals surface area contributed by atoms with Crippen molar-refractivity contribution in [3.05, 3.63) is 35.4 Å². The number of benzene rings is 1. The molecular formula is C16H24N2O. The molecule has 3 rings (SSSR count). The van der Waals surface area contributed by atoms with E-state index in [1.807, 2.05) is 25.8 Å². The van der Waals surface area contributed by atoms with E-state index in [-0.39, 0.29) is 5.41 Å². The first-order valence-electron chi connectivity index (χ1n) is 7.16. The van der Waals surface area contributed by atoms with Gasteiger partial charge in [-0.15, -0.1) is 0 Å². The molecule has 0 radical (unpaired) electrons. The van der Waals surface area contributed by atoms with E-state index in [2.05, 4.69) is 36.2 Å². The van der Waals surface area contributed by atoms with E-state index in [4.69, 9.17) is 0 Å². The average Bonchev–Trinajstić information content (AvgIpc) is 2.82. The third-order valence-electron chi connectivity index (χ3n) is 4.16. The van der Waals surface area contributed by atoms with Crippen LogP contribution in [0, 0.1) is 0 Å². The van der Waals surface area contributed by atoms with E-state index in [0.717, 1.165) is 26.1 Å². The Morgan fingerprint density at radius 3 is 2.47 bits per heavy atom. The Balaban J connectivity index is 0.000000637. The molecule has 19 heavy (non-hydrogen) atoms. The number of amides is 1. The predicted molar refractivity (Wildman–Crippen MR) is 78.1 cm³/mol. The summed E-state index contributed by atoms with van der Waals surface area (Å²) >= 11 is 0. The minimum absolute atomic E-state index is 0.279. The van der Waals surface area contributed by atoms with E-state index in [0.29, 0.717) is 5.91 Å². The van der Waals surface area contributed by atoms with Crippen molar-refractivity contribution in [1.29, 1.82) is 0 Å². The molecule has 1 aromatic rings. The zero-order valence-electron chi connectivity index (χ0n) is 12.4. The maximum atomic E-state index is 12.6. The van der Waals surface area contributed by atoms with Crippen molar-refractivity contribution in [2.24, 2.45) is 0 Å². The van der Waals surface area contributed by atoms with E-state index in [9.17, 15) is 4.79 Å². The Labute approximate surface area is 116 Å². The Hall–Kier alpha value is -1.35. The monoisotopic (exact) mass is 260 g/mol. The van der Waals surface area contributed by atoms with Gasteiger partial charge in [-0.3, -0.25) is 4.79 Å². The fraction of sp³-hybridized carbons (Fsp3) is 0.562. The lowest BCUT2D eigenvalue weighted by Gasteiger charge is -2.39. The molecule has 1 amide bonds. The number of fused-ring (bicyclic) bond motifs is 2. The average molecular weight is 260 g/mol. The molecule has 2 aliphatic rings. The summed E-state index contributed by atoms with van der Waals surface area (Å²) in [5, 5.41) is 0. The number of hydrogen-bond donors (Lipinski definition) is 0. The van der Waals surface area contributed by atoms with Gasteiger partial charge in [0.2, 0.25) is 5.91 Å². The predicted octanol–water partition coefficient (Wildman–Crippen LogP) is 2.26. The summed E-state index contributed by atoms with van der Waals surface area (Å²) in [7, 11) is 4.01. The molecule has 0 bridgehead atoms. The van der Waals surface area contributed by atoms with Crippen LogP contribution in [0.5, 0.6) is 0 Å². The smallest absolute Gasteiger partial charge is 0.234 e. The molecule has 1 fully saturated rings. The normalized spacial score (nSPS) is 26.1. The summed E-state index contributed by atoms with van der Waals surface area (Å²) < 4.78 is 0. The van der Waals surface area contributed by atoms with Crippen LogP contribution in [0.1, 0.15) is 31.4 Å². The lowest BCUT2D eigenvalue weighted by atomic mass is 9.74. The zero-order valence-corrected chi connectivity index (χ0v) is 12.4. The maximum absolute atomic E-state index is 12.6. The molecule has 0 aliphatic carbocycles. The van der Waals surface area contributed by atoms with Crippen molar-refractivity contribution in [1.82, 2.24) is 9.80 Å². The Bertz CT molecular complexity index is 472. The summed E-state index contributed by atoms with van der Waals surface area (Å²) in [6.07, 6.45) is 0.948. The molecule has 1 spiro atoms. The van der Waals surface area contributed by atoms with E-state index in [1.54, 1.807) is 0 Å². The molecule has 1 atom stereocenters. The van der Waals surface area contributed by atoms with Gasteiger partial charge < -0.3 is 9.80 Å². The van der Waals surface area contributed by atoms with Gasteiger partial charge in [-0.1, -0.05) is 38.1 Å². The molecular weight excluding hydrogens is 236 g/mol. The number of likely N-dealkylation sites (tertiary alicyclic amines) is 1. The van der Waals surface area contributed by atoms with Crippen LogP contribution >= 0.6 is 0 Å². The number of hydrogen-bond acceptors (Lipinski definition) is 2. The molecule has 3 nitrogen and oxygen atoms in total. The highest BCUT2D eigenvalue weighted by atomic mass is 16.2. The molecule has 1 saturated heterocycles. The lowest BCUT2D eigenvalue weighted by Crippen LogP contribution is -2.50. The van der Waals surface area contributed by atoms with Gasteiger partial charge in [0.25, 0.3) is 0 Å². The van der Waals surface area contributed by atoms with Gasteiger partial charge in [0.05, 0.1) is 5.41 Å². The highest BCUT2D eigenvalue weighted by Gasteiger charge is 2.49. The molecule has 2 heterocycles. The third-order valence-corrected chi connectivity index (χ3v) is 4.16. The van der Waals surface area contributed by atoms with Gasteiger partial charge in [-0.2, -0.15) is 0 Å². The van der Waals surface area contributed by atoms with Crippen molar-refractivity contribution >= 4 is 5.91 Å². The van der Waals surface area contributed by atoms with Crippen LogP contribution in [0.4, 0.5) is 0 Å². The van der Waals surface area contributed by atoms with Gasteiger partial charge in [-0.25, -0.2) is 0 Å². The molecule has 0 N–H and O–H groups in total. The van der Waals surface area contributed by atoms with Crippen LogP contribution in [0.25, 0.3) is 0 Å². The van der Waals surface area contributed by atoms with Gasteiger partial charge in [0, 0.05) is 20.1 Å². The first-order valence-corrected chi connectivity index (χ1v) is 7.16. The van der Waals surface area contributed by atoms with Crippen molar-refractivity contribution < 1.29 is 4.79 Å². The molecule has 2 aliphatic heterocycles. The highest BCUT2D eigenvalue weighted by Crippen LogP contribution is 2.40. The second kappa shape index (κ2) is 5.33. The largest absolute Gasteiger partial charge is 0.341 e. The highest BCUT2D eigenvalue weighted by molar-refractivity contribution is 5.90. The lowest BCUT2D eigenvalue weighted by molar-refractivity contribution is -0.137. The number of likely N-dealkylation sites (N-methyl/N-ethyl adjacent to an activating group) is 2. The van der Waals surface area contributed by atoms with E-state index in [1.165, 1.54) is 11.1 Å². The molecule has 1 unspecified atom stereocenters. The van der Waals surface area contributed by atoms with Crippen LogP contribution in [-0.2, 0) is 16.8 Å². The second-order valence-electron chi connectivity index (χ2n) is 5.39. The van der Waals surface area contributed by atoms with E-state index < -0.39 is 0 Å². The molecule has 0 aromatic heterocycles. The number of rotatable bonds is 0. The standard InChI is InChI=1S/C14H18N2O.C2H6/c1-15-8-7-14(10-15)12-6-4-3-5-11(12)9-16(2)13(14)17;1-2/h3-6H,7-10H2,1-2H3;1-2H3. The number of carbonyl (C=O) groups excluding carboxylic acids is 1. The molecule has 3 heteroatoms. The Kier molecular flexibility index (Phi) is 3.95. The fourth-order valence-corrected chi connectivity index (χ4v) is 3.33. The first-order chi connectivity index (χ1) is 9.13. The van der Waals surface area contributed by atoms with Crippen LogP contribution in [0.3, 0.4) is 0 Å². The van der Waals surface area contributed by atoms with E-state index >= 15 is 0 Å². The zero-order chi connectivity index (χ0) is 14.0. The minimum Gasteiger partial charge on any atom is -0.341 e. The Morgan fingerprint density at radius 2 is 1.84 bits per heavy atom. The second-order valence-corrected chi connectivity index (χ2v) is 5.39. The van der Waals surface area contributed by atoms with Crippen LogP contribution in [0.2, 0.25) is 0 Å². The molecule has 104 valence electrons. The minimum atomic E-state index is -0.279. The van der Waals surface area contributed by atoms with Crippen LogP contribution < -0.4 is 0 Å². The van der Waals surface area contributed by atoms with Gasteiger partial charge >= 0.3 is 0 Å². The van der Waals surface area contributed by atoms with Crippen LogP contribution in [-0.4, -0.2) is 42.9 Å². The molecule has 1 aromatic carbocycles. The van der Waals surface area contributed by atoms with Crippen molar-refractivity contribution in [2.75, 3.05) is 27.2 Å². The van der Waals surface area contributed by atoms with Crippen molar-refractivity contribution in [3.63, 3.8) is 0 Å². The summed E-state index contributed by atoms with van der Waals surface area (Å²) in [6, 6.07) is 8.41. The quantitative estimate of drug-likeness (QED) is 0.714. The van der Waals surface area contributed by atoms with Crippen LogP contribution in [0.15, 0.2) is 24.3 Å². The van der Waals surface area contributed by atoms with Crippen molar-refractivity contribution in [2.45, 2.75) is 32.2 Å². The number of nitrogens with zero attached hydrogens (tertiary/aromatic N) is 2. The fourth-order valence-electron chi connectivity index (χ4n) is 3.33. The van der Waals surface area contributed by atoms with Gasteiger partial charge in [0.15, 0.2) is 0 Å². The third kappa shape index (κ3) is 2.16. The first kappa shape index (κ1) is 14.1. The van der Waals surface area contributed by atoms with Gasteiger partial charge in [-0.05, 0) is 31.1 Å². The number of carbonyl (C=O) groups is 1. The topological polar surface area (TPSA) is 23.6 Å². The Morgan fingerprint density at radius 1 is 1.16 bits per heavy atom. The summed E-state index contributed by atoms with van der Waals surface area (Å²) in [5.41, 5.74) is 2.29. The maximum Gasteiger partial charge on any atom is 0.234 e. The van der Waals surface area contributed by atoms with Crippen molar-refractivity contribution in [3.8, 4) is 0 Å². The summed E-state index contributed by atoms with van der Waals surface area (Å²) in [6.45, 7) is 6.61. The molecule has 0 saturated carbocycles. The van der Waals surface area contributed by atoms with Gasteiger partial charge in [0.1, 0.15) is 0 Å².